The van der Waals surface area contributed by atoms with Crippen LogP contribution in [0.25, 0.3) is 0 Å². The Labute approximate surface area is 169 Å². The lowest BCUT2D eigenvalue weighted by atomic mass is 9.87. The lowest BCUT2D eigenvalue weighted by Crippen LogP contribution is -2.22. The summed E-state index contributed by atoms with van der Waals surface area (Å²) in [5.41, 5.74) is 0.412. The van der Waals surface area contributed by atoms with Gasteiger partial charge in [0, 0.05) is 33.5 Å². The normalized spacial score (nSPS) is 11.9. The van der Waals surface area contributed by atoms with Crippen molar-refractivity contribution in [1.29, 1.82) is 0 Å². The molecule has 0 aliphatic rings. The molecular weight excluding hydrogens is 378 g/mol. The maximum atomic E-state index is 14.2. The molecule has 0 spiro atoms. The Kier molecular flexibility index (Phi) is 6.11. The van der Waals surface area contributed by atoms with Gasteiger partial charge in [0.15, 0.2) is 0 Å². The molecule has 156 valence electrons. The summed E-state index contributed by atoms with van der Waals surface area (Å²) in [5, 5.41) is 2.67. The molecule has 5 nitrogen and oxygen atoms in total. The van der Waals surface area contributed by atoms with Crippen LogP contribution in [0.15, 0.2) is 24.3 Å². The molecule has 1 aromatic carbocycles. The number of halogens is 2. The first-order valence-corrected chi connectivity index (χ1v) is 9.16. The van der Waals surface area contributed by atoms with Crippen LogP contribution >= 0.6 is 0 Å². The summed E-state index contributed by atoms with van der Waals surface area (Å²) < 4.78 is 32.7. The van der Waals surface area contributed by atoms with E-state index in [2.05, 4.69) is 10.1 Å². The number of benzene rings is 1. The van der Waals surface area contributed by atoms with Gasteiger partial charge < -0.3 is 10.1 Å². The first kappa shape index (κ1) is 22.5. The summed E-state index contributed by atoms with van der Waals surface area (Å²) in [6.45, 7) is 12.0. The minimum atomic E-state index is -1.16. The molecule has 1 N–H and O–H groups in total. The van der Waals surface area contributed by atoms with Gasteiger partial charge in [0.1, 0.15) is 17.2 Å². The highest BCUT2D eigenvalue weighted by molar-refractivity contribution is 6.05. The molecule has 1 aromatic heterocycles. The lowest BCUT2D eigenvalue weighted by Gasteiger charge is -2.25. The Balaban J connectivity index is 2.44. The smallest absolute Gasteiger partial charge is 0.343 e. The van der Waals surface area contributed by atoms with E-state index in [1.807, 2.05) is 41.5 Å². The van der Waals surface area contributed by atoms with Crippen LogP contribution in [0.5, 0.6) is 0 Å². The fraction of sp³-hybridized carbons (Fsp3) is 0.409. The van der Waals surface area contributed by atoms with Crippen LogP contribution in [-0.4, -0.2) is 24.0 Å². The van der Waals surface area contributed by atoms with E-state index in [4.69, 9.17) is 4.98 Å². The van der Waals surface area contributed by atoms with Gasteiger partial charge in [-0.15, -0.1) is 0 Å². The second-order valence-corrected chi connectivity index (χ2v) is 8.89. The standard InChI is InChI=1S/C22H26F2N2O3/c1-21(2,3)16-10-13(11-17(26-16)22(4,5)6)25-19(27)12-8-14(23)18(15(24)9-12)20(28)29-7/h8-11H,1-7H3,(H,25,26,27). The minimum Gasteiger partial charge on any atom is -0.465 e. The maximum Gasteiger partial charge on any atom is 0.343 e. The highest BCUT2D eigenvalue weighted by Crippen LogP contribution is 2.29. The van der Waals surface area contributed by atoms with Gasteiger partial charge in [-0.2, -0.15) is 0 Å². The number of ether oxygens (including phenoxy) is 1. The van der Waals surface area contributed by atoms with Crippen molar-refractivity contribution in [2.45, 2.75) is 52.4 Å². The molecule has 1 amide bonds. The number of nitrogens with one attached hydrogen (secondary N) is 1. The zero-order valence-corrected chi connectivity index (χ0v) is 17.7. The van der Waals surface area contributed by atoms with Crippen molar-refractivity contribution >= 4 is 17.6 Å². The number of amides is 1. The Morgan fingerprint density at radius 2 is 1.34 bits per heavy atom. The second kappa shape index (κ2) is 7.89. The summed E-state index contributed by atoms with van der Waals surface area (Å²) in [4.78, 5) is 28.8. The summed E-state index contributed by atoms with van der Waals surface area (Å²) >= 11 is 0. The van der Waals surface area contributed by atoms with Crippen LogP contribution in [-0.2, 0) is 15.6 Å². The minimum absolute atomic E-state index is 0.251. The molecule has 0 saturated heterocycles. The molecule has 0 atom stereocenters. The average Bonchev–Trinajstić information content (AvgIpc) is 2.59. The first-order chi connectivity index (χ1) is 13.2. The SMILES string of the molecule is COC(=O)c1c(F)cc(C(=O)Nc2cc(C(C)(C)C)nc(C(C)(C)C)c2)cc1F. The van der Waals surface area contributed by atoms with E-state index >= 15 is 0 Å². The van der Waals surface area contributed by atoms with Crippen molar-refractivity contribution in [3.8, 4) is 0 Å². The van der Waals surface area contributed by atoms with E-state index in [0.717, 1.165) is 30.6 Å². The van der Waals surface area contributed by atoms with Gasteiger partial charge in [-0.1, -0.05) is 41.5 Å². The van der Waals surface area contributed by atoms with Gasteiger partial charge in [-0.3, -0.25) is 9.78 Å². The molecule has 1 heterocycles. The number of aromatic nitrogens is 1. The predicted molar refractivity (Wildman–Crippen MR) is 107 cm³/mol. The van der Waals surface area contributed by atoms with E-state index in [0.29, 0.717) is 5.69 Å². The van der Waals surface area contributed by atoms with Crippen molar-refractivity contribution < 1.29 is 23.1 Å². The average molecular weight is 404 g/mol. The number of carbonyl (C=O) groups excluding carboxylic acids is 2. The second-order valence-electron chi connectivity index (χ2n) is 8.89. The third kappa shape index (κ3) is 5.16. The fourth-order valence-electron chi connectivity index (χ4n) is 2.58. The van der Waals surface area contributed by atoms with E-state index in [1.54, 1.807) is 12.1 Å². The van der Waals surface area contributed by atoms with Crippen molar-refractivity contribution in [2.75, 3.05) is 12.4 Å². The Morgan fingerprint density at radius 3 is 1.72 bits per heavy atom. The highest BCUT2D eigenvalue weighted by Gasteiger charge is 2.24. The number of nitrogens with zero attached hydrogens (tertiary/aromatic N) is 1. The number of esters is 1. The molecular formula is C22H26F2N2O3. The van der Waals surface area contributed by atoms with Crippen LogP contribution in [0, 0.1) is 11.6 Å². The van der Waals surface area contributed by atoms with Gasteiger partial charge in [-0.05, 0) is 24.3 Å². The summed E-state index contributed by atoms with van der Waals surface area (Å²) in [5.74, 6) is -4.18. The Hall–Kier alpha value is -2.83. The zero-order chi connectivity index (χ0) is 22.1. The summed E-state index contributed by atoms with van der Waals surface area (Å²) in [6, 6.07) is 5.09. The molecule has 29 heavy (non-hydrogen) atoms. The lowest BCUT2D eigenvalue weighted by molar-refractivity contribution is 0.0589. The van der Waals surface area contributed by atoms with Gasteiger partial charge >= 0.3 is 5.97 Å². The van der Waals surface area contributed by atoms with Crippen LogP contribution in [0.1, 0.15) is 73.6 Å². The van der Waals surface area contributed by atoms with Crippen molar-refractivity contribution in [3.05, 3.63) is 58.4 Å². The third-order valence-electron chi connectivity index (χ3n) is 4.31. The van der Waals surface area contributed by atoms with Crippen molar-refractivity contribution in [3.63, 3.8) is 0 Å². The molecule has 0 aliphatic heterocycles. The predicted octanol–water partition coefficient (Wildman–Crippen LogP) is 4.99. The Morgan fingerprint density at radius 1 is 0.897 bits per heavy atom. The molecule has 2 rings (SSSR count). The van der Waals surface area contributed by atoms with Crippen molar-refractivity contribution in [2.24, 2.45) is 0 Å². The van der Waals surface area contributed by atoms with Crippen LogP contribution in [0.4, 0.5) is 14.5 Å². The first-order valence-electron chi connectivity index (χ1n) is 9.16. The monoisotopic (exact) mass is 404 g/mol. The quantitative estimate of drug-likeness (QED) is 0.732. The van der Waals surface area contributed by atoms with Crippen molar-refractivity contribution in [1.82, 2.24) is 4.98 Å². The number of pyridine rings is 1. The topological polar surface area (TPSA) is 68.3 Å². The molecule has 0 radical (unpaired) electrons. The maximum absolute atomic E-state index is 14.2. The van der Waals surface area contributed by atoms with Gasteiger partial charge in [0.25, 0.3) is 5.91 Å². The number of hydrogen-bond acceptors (Lipinski definition) is 4. The van der Waals surface area contributed by atoms with Gasteiger partial charge in [0.2, 0.25) is 0 Å². The third-order valence-corrected chi connectivity index (χ3v) is 4.31. The van der Waals surface area contributed by atoms with E-state index in [9.17, 15) is 18.4 Å². The molecule has 7 heteroatoms. The summed E-state index contributed by atoms with van der Waals surface area (Å²) in [7, 11) is 1.02. The Bertz CT molecular complexity index is 902. The molecule has 0 fully saturated rings. The number of carbonyl (C=O) groups is 2. The number of methoxy groups -OCH3 is 1. The number of anilines is 1. The fourth-order valence-corrected chi connectivity index (χ4v) is 2.58. The molecule has 2 aromatic rings. The number of rotatable bonds is 3. The van der Waals surface area contributed by atoms with E-state index in [-0.39, 0.29) is 16.4 Å². The summed E-state index contributed by atoms with van der Waals surface area (Å²) in [6.07, 6.45) is 0. The largest absolute Gasteiger partial charge is 0.465 e. The van der Waals surface area contributed by atoms with Crippen LogP contribution < -0.4 is 5.32 Å². The number of hydrogen-bond donors (Lipinski definition) is 1. The van der Waals surface area contributed by atoms with Gasteiger partial charge in [-0.25, -0.2) is 13.6 Å². The molecule has 0 aliphatic carbocycles. The van der Waals surface area contributed by atoms with Gasteiger partial charge in [0.05, 0.1) is 7.11 Å². The van der Waals surface area contributed by atoms with Crippen LogP contribution in [0.2, 0.25) is 0 Å². The highest BCUT2D eigenvalue weighted by atomic mass is 19.1. The molecule has 0 saturated carbocycles. The zero-order valence-electron chi connectivity index (χ0n) is 17.7. The van der Waals surface area contributed by atoms with E-state index < -0.39 is 29.1 Å². The van der Waals surface area contributed by atoms with Crippen LogP contribution in [0.3, 0.4) is 0 Å². The van der Waals surface area contributed by atoms with E-state index in [1.165, 1.54) is 0 Å². The molecule has 0 bridgehead atoms. The molecule has 0 unspecified atom stereocenters.